The Morgan fingerprint density at radius 2 is 1.96 bits per heavy atom. The Labute approximate surface area is 148 Å². The van der Waals surface area contributed by atoms with Gasteiger partial charge in [-0.1, -0.05) is 13.8 Å². The molecule has 6 heteroatoms. The van der Waals surface area contributed by atoms with Crippen LogP contribution in [0, 0.1) is 11.7 Å². The molecule has 136 valence electrons. The molecule has 1 atom stereocenters. The van der Waals surface area contributed by atoms with Crippen LogP contribution in [-0.2, 0) is 16.0 Å². The molecular weight excluding hydrogens is 321 g/mol. The predicted molar refractivity (Wildman–Crippen MR) is 92.2 cm³/mol. The molecule has 1 unspecified atom stereocenters. The minimum Gasteiger partial charge on any atom is -0.340 e. The molecular formula is C19H26FN3O2. The van der Waals surface area contributed by atoms with Gasteiger partial charge in [0, 0.05) is 31.2 Å². The smallest absolute Gasteiger partial charge is 0.228 e. The van der Waals surface area contributed by atoms with Crippen LogP contribution in [0.3, 0.4) is 0 Å². The minimum absolute atomic E-state index is 0.00188. The van der Waals surface area contributed by atoms with Crippen LogP contribution in [0.4, 0.5) is 4.39 Å². The van der Waals surface area contributed by atoms with Gasteiger partial charge in [0.25, 0.3) is 0 Å². The van der Waals surface area contributed by atoms with Gasteiger partial charge in [-0.2, -0.15) is 0 Å². The molecule has 0 N–H and O–H groups in total. The van der Waals surface area contributed by atoms with Crippen LogP contribution < -0.4 is 0 Å². The van der Waals surface area contributed by atoms with E-state index in [4.69, 9.17) is 0 Å². The van der Waals surface area contributed by atoms with E-state index in [2.05, 4.69) is 4.98 Å². The highest BCUT2D eigenvalue weighted by Gasteiger charge is 2.47. The van der Waals surface area contributed by atoms with Crippen molar-refractivity contribution in [2.75, 3.05) is 19.6 Å². The molecule has 2 aliphatic heterocycles. The number of pyridine rings is 1. The zero-order valence-electron chi connectivity index (χ0n) is 15.0. The lowest BCUT2D eigenvalue weighted by Crippen LogP contribution is -2.59. The van der Waals surface area contributed by atoms with E-state index in [0.717, 1.165) is 38.4 Å². The summed E-state index contributed by atoms with van der Waals surface area (Å²) in [5.74, 6) is -0.236. The van der Waals surface area contributed by atoms with Crippen molar-refractivity contribution in [2.45, 2.75) is 51.5 Å². The standard InChI is InChI=1S/C19H26FN3O2/c1-14(2)18(25)23-10-4-8-19(23)7-3-9-22(13-19)17(24)11-16-6-5-15(20)12-21-16/h5-6,12,14H,3-4,7-11,13H2,1-2H3. The fourth-order valence-electron chi connectivity index (χ4n) is 4.12. The Morgan fingerprint density at radius 1 is 1.24 bits per heavy atom. The van der Waals surface area contributed by atoms with E-state index in [9.17, 15) is 14.0 Å². The van der Waals surface area contributed by atoms with Crippen LogP contribution in [0.5, 0.6) is 0 Å². The molecule has 1 aromatic heterocycles. The van der Waals surface area contributed by atoms with Gasteiger partial charge in [0.05, 0.1) is 18.2 Å². The van der Waals surface area contributed by atoms with E-state index in [1.807, 2.05) is 23.6 Å². The highest BCUT2D eigenvalue weighted by atomic mass is 19.1. The van der Waals surface area contributed by atoms with Gasteiger partial charge in [-0.25, -0.2) is 4.39 Å². The minimum atomic E-state index is -0.401. The number of halogens is 1. The van der Waals surface area contributed by atoms with Gasteiger partial charge >= 0.3 is 0 Å². The number of nitrogens with zero attached hydrogens (tertiary/aromatic N) is 3. The van der Waals surface area contributed by atoms with E-state index in [1.54, 1.807) is 6.07 Å². The molecule has 1 aromatic rings. The maximum Gasteiger partial charge on any atom is 0.228 e. The highest BCUT2D eigenvalue weighted by Crippen LogP contribution is 2.38. The van der Waals surface area contributed by atoms with Gasteiger partial charge in [-0.3, -0.25) is 14.6 Å². The van der Waals surface area contributed by atoms with E-state index in [-0.39, 0.29) is 29.7 Å². The molecule has 2 saturated heterocycles. The fraction of sp³-hybridized carbons (Fsp3) is 0.632. The Bertz CT molecular complexity index is 647. The molecule has 0 saturated carbocycles. The van der Waals surface area contributed by atoms with E-state index in [1.165, 1.54) is 6.07 Å². The number of hydrogen-bond donors (Lipinski definition) is 0. The van der Waals surface area contributed by atoms with Crippen LogP contribution in [0.15, 0.2) is 18.3 Å². The van der Waals surface area contributed by atoms with Crippen molar-refractivity contribution >= 4 is 11.8 Å². The number of piperidine rings is 1. The lowest BCUT2D eigenvalue weighted by molar-refractivity contribution is -0.145. The number of likely N-dealkylation sites (tertiary alicyclic amines) is 2. The van der Waals surface area contributed by atoms with E-state index < -0.39 is 5.82 Å². The molecule has 0 aliphatic carbocycles. The van der Waals surface area contributed by atoms with Gasteiger partial charge in [0.1, 0.15) is 5.82 Å². The van der Waals surface area contributed by atoms with Gasteiger partial charge < -0.3 is 9.80 Å². The summed E-state index contributed by atoms with van der Waals surface area (Å²) in [5, 5.41) is 0. The quantitative estimate of drug-likeness (QED) is 0.844. The third-order valence-corrected chi connectivity index (χ3v) is 5.39. The molecule has 0 radical (unpaired) electrons. The third kappa shape index (κ3) is 3.67. The van der Waals surface area contributed by atoms with Crippen molar-refractivity contribution < 1.29 is 14.0 Å². The van der Waals surface area contributed by atoms with Crippen LogP contribution >= 0.6 is 0 Å². The normalized spacial score (nSPS) is 23.5. The topological polar surface area (TPSA) is 53.5 Å². The van der Waals surface area contributed by atoms with Gasteiger partial charge in [0.2, 0.25) is 11.8 Å². The summed E-state index contributed by atoms with van der Waals surface area (Å²) in [6.45, 7) is 5.97. The first-order valence-electron chi connectivity index (χ1n) is 9.11. The molecule has 5 nitrogen and oxygen atoms in total. The fourth-order valence-corrected chi connectivity index (χ4v) is 4.12. The van der Waals surface area contributed by atoms with Gasteiger partial charge in [0.15, 0.2) is 0 Å². The number of rotatable bonds is 3. The summed E-state index contributed by atoms with van der Waals surface area (Å²) in [6.07, 6.45) is 5.15. The summed E-state index contributed by atoms with van der Waals surface area (Å²) < 4.78 is 13.0. The number of hydrogen-bond acceptors (Lipinski definition) is 3. The van der Waals surface area contributed by atoms with Crippen LogP contribution in [0.1, 0.15) is 45.2 Å². The monoisotopic (exact) mass is 347 g/mol. The number of carbonyl (C=O) groups is 2. The van der Waals surface area contributed by atoms with Gasteiger partial charge in [-0.15, -0.1) is 0 Å². The molecule has 0 bridgehead atoms. The van der Waals surface area contributed by atoms with E-state index >= 15 is 0 Å². The first-order chi connectivity index (χ1) is 11.9. The summed E-state index contributed by atoms with van der Waals surface area (Å²) in [6, 6.07) is 2.88. The highest BCUT2D eigenvalue weighted by molar-refractivity contribution is 5.80. The Kier molecular flexibility index (Phi) is 5.06. The third-order valence-electron chi connectivity index (χ3n) is 5.39. The Balaban J connectivity index is 1.70. The average molecular weight is 347 g/mol. The zero-order valence-corrected chi connectivity index (χ0v) is 15.0. The molecule has 3 rings (SSSR count). The second-order valence-electron chi connectivity index (χ2n) is 7.54. The zero-order chi connectivity index (χ0) is 18.0. The van der Waals surface area contributed by atoms with Gasteiger partial charge in [-0.05, 0) is 37.8 Å². The maximum atomic E-state index is 13.0. The summed E-state index contributed by atoms with van der Waals surface area (Å²) in [4.78, 5) is 33.2. The van der Waals surface area contributed by atoms with Crippen molar-refractivity contribution in [2.24, 2.45) is 5.92 Å². The van der Waals surface area contributed by atoms with E-state index in [0.29, 0.717) is 18.8 Å². The Morgan fingerprint density at radius 3 is 2.60 bits per heavy atom. The van der Waals surface area contributed by atoms with Crippen molar-refractivity contribution in [3.8, 4) is 0 Å². The first kappa shape index (κ1) is 17.8. The molecule has 3 heterocycles. The second kappa shape index (κ2) is 7.10. The molecule has 2 amide bonds. The van der Waals surface area contributed by atoms with Crippen LogP contribution in [0.25, 0.3) is 0 Å². The van der Waals surface area contributed by atoms with Crippen molar-refractivity contribution in [1.82, 2.24) is 14.8 Å². The molecule has 25 heavy (non-hydrogen) atoms. The average Bonchev–Trinajstić information content (AvgIpc) is 2.98. The largest absolute Gasteiger partial charge is 0.340 e. The SMILES string of the molecule is CC(C)C(=O)N1CCCC12CCCN(C(=O)Cc1ccc(F)cn1)C2. The van der Waals surface area contributed by atoms with Crippen molar-refractivity contribution in [3.63, 3.8) is 0 Å². The molecule has 2 fully saturated rings. The molecule has 1 spiro atoms. The summed E-state index contributed by atoms with van der Waals surface area (Å²) in [5.41, 5.74) is 0.374. The summed E-state index contributed by atoms with van der Waals surface area (Å²) >= 11 is 0. The number of aromatic nitrogens is 1. The first-order valence-corrected chi connectivity index (χ1v) is 9.11. The number of carbonyl (C=O) groups excluding carboxylic acids is 2. The lowest BCUT2D eigenvalue weighted by Gasteiger charge is -2.46. The van der Waals surface area contributed by atoms with Crippen molar-refractivity contribution in [3.05, 3.63) is 29.8 Å². The summed E-state index contributed by atoms with van der Waals surface area (Å²) in [7, 11) is 0. The molecule has 0 aromatic carbocycles. The predicted octanol–water partition coefficient (Wildman–Crippen LogP) is 2.40. The van der Waals surface area contributed by atoms with Crippen LogP contribution in [-0.4, -0.2) is 51.8 Å². The number of amides is 2. The van der Waals surface area contributed by atoms with Crippen molar-refractivity contribution in [1.29, 1.82) is 0 Å². The van der Waals surface area contributed by atoms with Crippen LogP contribution in [0.2, 0.25) is 0 Å². The Hall–Kier alpha value is -1.98. The second-order valence-corrected chi connectivity index (χ2v) is 7.54. The lowest BCUT2D eigenvalue weighted by atomic mass is 9.85. The maximum absolute atomic E-state index is 13.0. The molecule has 2 aliphatic rings.